The molecule has 316 valence electrons. The number of hydrogen-bond donors (Lipinski definition) is 5. The van der Waals surface area contributed by atoms with E-state index in [1.54, 1.807) is 21.3 Å². The molecule has 0 amide bonds. The van der Waals surface area contributed by atoms with E-state index in [0.29, 0.717) is 34.5 Å². The summed E-state index contributed by atoms with van der Waals surface area (Å²) in [6.07, 6.45) is 19.2. The molecule has 8 nitrogen and oxygen atoms in total. The van der Waals surface area contributed by atoms with Gasteiger partial charge in [-0.25, -0.2) is 0 Å². The molecule has 4 aliphatic carbocycles. The van der Waals surface area contributed by atoms with Gasteiger partial charge in [-0.3, -0.25) is 0 Å². The van der Waals surface area contributed by atoms with Crippen molar-refractivity contribution in [3.05, 3.63) is 17.7 Å². The minimum Gasteiger partial charge on any atom is -0.496 e. The van der Waals surface area contributed by atoms with Crippen molar-refractivity contribution in [2.24, 2.45) is 52.3 Å². The topological polar surface area (TPSA) is 96.0 Å². The van der Waals surface area contributed by atoms with Gasteiger partial charge in [0.25, 0.3) is 0 Å². The molecule has 4 fully saturated rings. The highest BCUT2D eigenvalue weighted by Crippen LogP contribution is 2.68. The molecular formula is C47H84N4O4. The van der Waals surface area contributed by atoms with Crippen LogP contribution in [0, 0.1) is 52.3 Å². The first-order chi connectivity index (χ1) is 26.5. The lowest BCUT2D eigenvalue weighted by atomic mass is 9.43. The highest BCUT2D eigenvalue weighted by Gasteiger charge is 2.62. The van der Waals surface area contributed by atoms with E-state index in [-0.39, 0.29) is 6.10 Å². The molecule has 5 rings (SSSR count). The van der Waals surface area contributed by atoms with Crippen LogP contribution in [0.1, 0.15) is 136 Å². The maximum absolute atomic E-state index is 11.9. The third-order valence-corrected chi connectivity index (χ3v) is 15.6. The zero-order chi connectivity index (χ0) is 39.4. The van der Waals surface area contributed by atoms with Crippen LogP contribution in [-0.4, -0.2) is 77.9 Å². The maximum Gasteiger partial charge on any atom is 0.164 e. The van der Waals surface area contributed by atoms with Crippen LogP contribution in [-0.2, 0) is 6.54 Å². The summed E-state index contributed by atoms with van der Waals surface area (Å²) < 4.78 is 16.4. The first kappa shape index (κ1) is 44.5. The smallest absolute Gasteiger partial charge is 0.164 e. The Morgan fingerprint density at radius 2 is 1.29 bits per heavy atom. The van der Waals surface area contributed by atoms with Crippen LogP contribution >= 0.6 is 0 Å². The van der Waals surface area contributed by atoms with Crippen LogP contribution in [0.25, 0.3) is 0 Å². The Bertz CT molecular complexity index is 1280. The van der Waals surface area contributed by atoms with E-state index in [2.05, 4.69) is 55.9 Å². The van der Waals surface area contributed by atoms with Gasteiger partial charge in [0.1, 0.15) is 5.75 Å². The lowest BCUT2D eigenvalue weighted by Crippen LogP contribution is -2.59. The average Bonchev–Trinajstić information content (AvgIpc) is 3.53. The lowest BCUT2D eigenvalue weighted by Gasteiger charge is -2.62. The highest BCUT2D eigenvalue weighted by molar-refractivity contribution is 5.50. The van der Waals surface area contributed by atoms with E-state index in [9.17, 15) is 5.11 Å². The second kappa shape index (κ2) is 21.4. The molecule has 4 saturated carbocycles. The average molecular weight is 769 g/mol. The van der Waals surface area contributed by atoms with Crippen LogP contribution in [0.4, 0.5) is 0 Å². The zero-order valence-corrected chi connectivity index (χ0v) is 36.6. The van der Waals surface area contributed by atoms with E-state index < -0.39 is 0 Å². The van der Waals surface area contributed by atoms with E-state index in [1.165, 1.54) is 83.5 Å². The first-order valence-electron chi connectivity index (χ1n) is 22.9. The predicted molar refractivity (Wildman–Crippen MR) is 228 cm³/mol. The number of unbranched alkanes of at least 4 members (excludes halogenated alkanes) is 1. The monoisotopic (exact) mass is 769 g/mol. The molecule has 8 heteroatoms. The molecule has 5 N–H and O–H groups in total. The Morgan fingerprint density at radius 3 is 1.98 bits per heavy atom. The molecule has 1 aromatic carbocycles. The predicted octanol–water partition coefficient (Wildman–Crippen LogP) is 8.59. The van der Waals surface area contributed by atoms with Gasteiger partial charge in [0.15, 0.2) is 11.5 Å². The van der Waals surface area contributed by atoms with Crippen molar-refractivity contribution < 1.29 is 19.3 Å². The molecular weight excluding hydrogens is 685 g/mol. The van der Waals surface area contributed by atoms with Gasteiger partial charge < -0.3 is 40.6 Å². The normalized spacial score (nSPS) is 32.1. The Hall–Kier alpha value is -1.58. The summed E-state index contributed by atoms with van der Waals surface area (Å²) in [6.45, 7) is 19.7. The van der Waals surface area contributed by atoms with Crippen molar-refractivity contribution >= 4 is 0 Å². The number of nitrogens with one attached hydrogen (secondary N) is 4. The van der Waals surface area contributed by atoms with Crippen LogP contribution < -0.4 is 35.5 Å². The molecule has 0 saturated heterocycles. The van der Waals surface area contributed by atoms with Gasteiger partial charge in [0, 0.05) is 24.2 Å². The summed E-state index contributed by atoms with van der Waals surface area (Å²) in [7, 11) is 4.99. The molecule has 0 radical (unpaired) electrons. The molecule has 0 heterocycles. The van der Waals surface area contributed by atoms with Crippen LogP contribution in [0.2, 0.25) is 0 Å². The molecule has 10 atom stereocenters. The number of benzene rings is 1. The summed E-state index contributed by atoms with van der Waals surface area (Å²) in [5.74, 6) is 7.37. The Labute approximate surface area is 337 Å². The van der Waals surface area contributed by atoms with Gasteiger partial charge in [-0.1, -0.05) is 53.9 Å². The Balaban J connectivity index is 0.899. The van der Waals surface area contributed by atoms with Crippen molar-refractivity contribution in [1.29, 1.82) is 0 Å². The van der Waals surface area contributed by atoms with E-state index in [1.807, 2.05) is 12.1 Å². The summed E-state index contributed by atoms with van der Waals surface area (Å²) in [5, 5.41) is 26.6. The van der Waals surface area contributed by atoms with Gasteiger partial charge in [0.05, 0.1) is 27.4 Å². The van der Waals surface area contributed by atoms with Gasteiger partial charge in [-0.05, 0) is 175 Å². The van der Waals surface area contributed by atoms with E-state index >= 15 is 0 Å². The number of fused-ring (bicyclic) bond motifs is 5. The quantitative estimate of drug-likeness (QED) is 0.0668. The molecule has 0 aromatic heterocycles. The fraction of sp³-hybridized carbons (Fsp3) is 0.872. The molecule has 4 aliphatic rings. The van der Waals surface area contributed by atoms with Crippen LogP contribution in [0.15, 0.2) is 12.1 Å². The van der Waals surface area contributed by atoms with Crippen molar-refractivity contribution in [3.63, 3.8) is 0 Å². The molecule has 3 unspecified atom stereocenters. The minimum atomic E-state index is -0.0934. The molecule has 0 aliphatic heterocycles. The highest BCUT2D eigenvalue weighted by atomic mass is 16.5. The Kier molecular flexibility index (Phi) is 17.3. The van der Waals surface area contributed by atoms with Gasteiger partial charge in [-0.15, -0.1) is 0 Å². The second-order valence-corrected chi connectivity index (χ2v) is 19.4. The third kappa shape index (κ3) is 11.1. The lowest BCUT2D eigenvalue weighted by molar-refractivity contribution is -0.167. The van der Waals surface area contributed by atoms with Gasteiger partial charge in [-0.2, -0.15) is 0 Å². The molecule has 1 aromatic rings. The van der Waals surface area contributed by atoms with Crippen LogP contribution in [0.3, 0.4) is 0 Å². The fourth-order valence-electron chi connectivity index (χ4n) is 12.5. The minimum absolute atomic E-state index is 0.0934. The van der Waals surface area contributed by atoms with Crippen molar-refractivity contribution in [2.75, 3.05) is 60.6 Å². The SMILES string of the molecule is COc1cc(OC)c(OC)cc1CNCCCNCCCCNCCCN[C@H]1CC[C@]2(C)C3CC[C@@]4(C)C(CC[C@@H]4[C@H](C)CCCC(C)C)C3[C@H](O)C[C@H]2C1. The number of aliphatic hydroxyl groups excluding tert-OH is 1. The van der Waals surface area contributed by atoms with Crippen molar-refractivity contribution in [2.45, 2.75) is 150 Å². The van der Waals surface area contributed by atoms with Gasteiger partial charge in [0.2, 0.25) is 0 Å². The third-order valence-electron chi connectivity index (χ3n) is 15.6. The largest absolute Gasteiger partial charge is 0.496 e. The number of rotatable bonds is 24. The van der Waals surface area contributed by atoms with Crippen LogP contribution in [0.5, 0.6) is 17.2 Å². The molecule has 0 bridgehead atoms. The van der Waals surface area contributed by atoms with E-state index in [0.717, 1.165) is 105 Å². The summed E-state index contributed by atoms with van der Waals surface area (Å²) in [4.78, 5) is 0. The zero-order valence-electron chi connectivity index (χ0n) is 36.6. The Morgan fingerprint density at radius 1 is 0.673 bits per heavy atom. The number of aliphatic hydroxyl groups is 1. The second-order valence-electron chi connectivity index (χ2n) is 19.4. The standard InChI is InChI=1S/C47H84N4O4/c1-33(2)14-11-15-34(3)38-16-17-39-45-40(19-21-47(38,39)5)46(4)20-18-37(29-36(46)30-41(45)52)51-27-13-25-49-23-10-9-22-48-24-12-26-50-32-35-28-43(54-7)44(55-8)31-42(35)53-6/h28,31,33-34,36-41,45,48-52H,9-27,29-30,32H2,1-8H3/t34-,36-,37+,38-,39?,40?,41-,45?,46+,47-/m1/s1. The fourth-order valence-corrected chi connectivity index (χ4v) is 12.5. The summed E-state index contributed by atoms with van der Waals surface area (Å²) >= 11 is 0. The first-order valence-corrected chi connectivity index (χ1v) is 22.9. The van der Waals surface area contributed by atoms with Gasteiger partial charge >= 0.3 is 0 Å². The summed E-state index contributed by atoms with van der Waals surface area (Å²) in [5.41, 5.74) is 1.92. The molecule has 0 spiro atoms. The maximum atomic E-state index is 11.9. The van der Waals surface area contributed by atoms with Crippen molar-refractivity contribution in [1.82, 2.24) is 21.3 Å². The summed E-state index contributed by atoms with van der Waals surface area (Å²) in [6, 6.07) is 4.49. The number of ether oxygens (including phenoxy) is 3. The van der Waals surface area contributed by atoms with E-state index in [4.69, 9.17) is 14.2 Å². The molecule has 55 heavy (non-hydrogen) atoms. The number of hydrogen-bond acceptors (Lipinski definition) is 8. The number of methoxy groups -OCH3 is 3. The van der Waals surface area contributed by atoms with Crippen molar-refractivity contribution in [3.8, 4) is 17.2 Å².